The van der Waals surface area contributed by atoms with Crippen molar-refractivity contribution < 1.29 is 4.79 Å². The molecule has 1 aromatic carbocycles. The Morgan fingerprint density at radius 3 is 2.60 bits per heavy atom. The van der Waals surface area contributed by atoms with E-state index in [0.717, 1.165) is 24.8 Å². The Hall–Kier alpha value is -3.29. The number of nitrogen functional groups attached to an aromatic ring is 1. The summed E-state index contributed by atoms with van der Waals surface area (Å²) >= 11 is 0. The number of nitrogens with one attached hydrogen (secondary N) is 2. The molecule has 3 aromatic rings. The fourth-order valence-corrected chi connectivity index (χ4v) is 3.22. The number of unbranched alkanes of at least 4 members (excludes halogenated alkanes) is 4. The normalized spacial score (nSPS) is 11.0. The Bertz CT molecular complexity index is 1050. The van der Waals surface area contributed by atoms with E-state index in [4.69, 9.17) is 5.73 Å². The zero-order valence-corrected chi connectivity index (χ0v) is 17.3. The van der Waals surface area contributed by atoms with E-state index in [1.54, 1.807) is 6.20 Å². The molecule has 30 heavy (non-hydrogen) atoms. The van der Waals surface area contributed by atoms with Crippen LogP contribution in [0.25, 0.3) is 11.2 Å². The number of carbonyl (C=O) groups excluding carboxylic acids is 1. The van der Waals surface area contributed by atoms with E-state index < -0.39 is 5.56 Å². The van der Waals surface area contributed by atoms with Crippen LogP contribution in [0.3, 0.4) is 0 Å². The van der Waals surface area contributed by atoms with Gasteiger partial charge in [-0.05, 0) is 37.0 Å². The Kier molecular flexibility index (Phi) is 7.48. The van der Waals surface area contributed by atoms with Crippen LogP contribution in [-0.2, 0) is 12.8 Å². The summed E-state index contributed by atoms with van der Waals surface area (Å²) in [5.41, 5.74) is 7.98. The van der Waals surface area contributed by atoms with Crippen LogP contribution >= 0.6 is 0 Å². The minimum Gasteiger partial charge on any atom is -0.369 e. The fraction of sp³-hybridized carbons (Fsp3) is 0.409. The summed E-state index contributed by atoms with van der Waals surface area (Å²) in [6.45, 7) is 2.90. The maximum Gasteiger partial charge on any atom is 0.280 e. The van der Waals surface area contributed by atoms with Crippen molar-refractivity contribution in [2.45, 2.75) is 51.9 Å². The molecule has 0 saturated heterocycles. The lowest BCUT2D eigenvalue weighted by Crippen LogP contribution is -2.24. The molecular formula is C22H28N6O2. The summed E-state index contributed by atoms with van der Waals surface area (Å²) < 4.78 is 0. The average molecular weight is 409 g/mol. The van der Waals surface area contributed by atoms with Crippen LogP contribution in [0.15, 0.2) is 35.3 Å². The molecule has 0 atom stereocenters. The standard InChI is InChI=1S/C22H28N6O2/c1-2-3-4-5-6-13-24-20(29)16-10-7-15(8-11-16)9-12-17-14-25-19-18(26-17)21(30)28-22(23)27-19/h7-8,10-11,14H,2-6,9,12-13H2,1H3,(H,24,29)(H3,23,25,27,28,30). The number of H-pyrrole nitrogens is 1. The molecule has 0 spiro atoms. The van der Waals surface area contributed by atoms with Gasteiger partial charge in [-0.1, -0.05) is 44.7 Å². The number of nitrogens with two attached hydrogens (primary N) is 1. The SMILES string of the molecule is CCCCCCCNC(=O)c1ccc(CCc2cnc3nc(N)[nH]c(=O)c3n2)cc1. The number of fused-ring (bicyclic) bond motifs is 1. The first-order chi connectivity index (χ1) is 14.6. The molecule has 0 radical (unpaired) electrons. The van der Waals surface area contributed by atoms with Crippen LogP contribution in [-0.4, -0.2) is 32.4 Å². The van der Waals surface area contributed by atoms with Crippen LogP contribution in [0.5, 0.6) is 0 Å². The Labute approximate surface area is 175 Å². The van der Waals surface area contributed by atoms with Crippen LogP contribution in [0.1, 0.15) is 60.6 Å². The van der Waals surface area contributed by atoms with Crippen molar-refractivity contribution in [2.24, 2.45) is 0 Å². The monoisotopic (exact) mass is 408 g/mol. The van der Waals surface area contributed by atoms with Crippen molar-refractivity contribution in [1.29, 1.82) is 0 Å². The van der Waals surface area contributed by atoms with Crippen LogP contribution in [0, 0.1) is 0 Å². The van der Waals surface area contributed by atoms with Crippen molar-refractivity contribution >= 4 is 23.0 Å². The van der Waals surface area contributed by atoms with E-state index in [0.29, 0.717) is 24.2 Å². The van der Waals surface area contributed by atoms with Gasteiger partial charge < -0.3 is 11.1 Å². The highest BCUT2D eigenvalue weighted by Gasteiger charge is 2.08. The third-order valence-electron chi connectivity index (χ3n) is 4.94. The van der Waals surface area contributed by atoms with Crippen LogP contribution in [0.2, 0.25) is 0 Å². The topological polar surface area (TPSA) is 127 Å². The highest BCUT2D eigenvalue weighted by Crippen LogP contribution is 2.10. The zero-order valence-electron chi connectivity index (χ0n) is 17.3. The Morgan fingerprint density at radius 2 is 1.83 bits per heavy atom. The maximum absolute atomic E-state index is 12.2. The first-order valence-electron chi connectivity index (χ1n) is 10.5. The molecule has 0 aliphatic carbocycles. The summed E-state index contributed by atoms with van der Waals surface area (Å²) in [6.07, 6.45) is 8.81. The van der Waals surface area contributed by atoms with Gasteiger partial charge in [0.05, 0.1) is 11.9 Å². The first kappa shape index (κ1) is 21.4. The fourth-order valence-electron chi connectivity index (χ4n) is 3.22. The minimum absolute atomic E-state index is 0.0233. The molecule has 1 amide bonds. The second-order valence-electron chi connectivity index (χ2n) is 7.35. The van der Waals surface area contributed by atoms with Gasteiger partial charge in [-0.2, -0.15) is 4.98 Å². The first-order valence-corrected chi connectivity index (χ1v) is 10.5. The molecule has 4 N–H and O–H groups in total. The van der Waals surface area contributed by atoms with Crippen LogP contribution < -0.4 is 16.6 Å². The highest BCUT2D eigenvalue weighted by molar-refractivity contribution is 5.94. The summed E-state index contributed by atoms with van der Waals surface area (Å²) in [6, 6.07) is 7.57. The lowest BCUT2D eigenvalue weighted by molar-refractivity contribution is 0.0953. The molecule has 0 saturated carbocycles. The summed E-state index contributed by atoms with van der Waals surface area (Å²) in [7, 11) is 0. The van der Waals surface area contributed by atoms with E-state index in [1.807, 2.05) is 24.3 Å². The number of benzene rings is 1. The zero-order chi connectivity index (χ0) is 21.3. The van der Waals surface area contributed by atoms with Crippen LogP contribution in [0.4, 0.5) is 5.95 Å². The lowest BCUT2D eigenvalue weighted by Gasteiger charge is -2.07. The second kappa shape index (κ2) is 10.5. The largest absolute Gasteiger partial charge is 0.369 e. The molecule has 0 unspecified atom stereocenters. The number of amides is 1. The van der Waals surface area contributed by atoms with Crippen molar-refractivity contribution in [2.75, 3.05) is 12.3 Å². The van der Waals surface area contributed by atoms with Gasteiger partial charge in [0, 0.05) is 12.1 Å². The lowest BCUT2D eigenvalue weighted by atomic mass is 10.1. The molecule has 0 aliphatic rings. The number of aryl methyl sites for hydroxylation is 2. The van der Waals surface area contributed by atoms with Gasteiger partial charge in [0.1, 0.15) is 0 Å². The predicted molar refractivity (Wildman–Crippen MR) is 117 cm³/mol. The number of hydrogen-bond acceptors (Lipinski definition) is 6. The van der Waals surface area contributed by atoms with Crippen molar-refractivity contribution in [3.63, 3.8) is 0 Å². The third kappa shape index (κ3) is 5.85. The number of anilines is 1. The molecule has 158 valence electrons. The van der Waals surface area contributed by atoms with E-state index in [2.05, 4.69) is 32.2 Å². The molecule has 0 bridgehead atoms. The summed E-state index contributed by atoms with van der Waals surface area (Å²) in [4.78, 5) is 39.1. The van der Waals surface area contributed by atoms with Gasteiger partial charge in [0.2, 0.25) is 5.95 Å². The van der Waals surface area contributed by atoms with Crippen molar-refractivity contribution in [1.82, 2.24) is 25.3 Å². The van der Waals surface area contributed by atoms with Gasteiger partial charge >= 0.3 is 0 Å². The van der Waals surface area contributed by atoms with Crippen molar-refractivity contribution in [3.8, 4) is 0 Å². The van der Waals surface area contributed by atoms with Gasteiger partial charge in [-0.25, -0.2) is 9.97 Å². The number of aromatic amines is 1. The molecule has 8 heteroatoms. The number of nitrogens with zero attached hydrogens (tertiary/aromatic N) is 3. The number of hydrogen-bond donors (Lipinski definition) is 3. The molecule has 3 rings (SSSR count). The third-order valence-corrected chi connectivity index (χ3v) is 4.94. The average Bonchev–Trinajstić information content (AvgIpc) is 2.75. The number of carbonyl (C=O) groups is 1. The van der Waals surface area contributed by atoms with Crippen molar-refractivity contribution in [3.05, 3.63) is 57.6 Å². The molecule has 0 fully saturated rings. The van der Waals surface area contributed by atoms with Gasteiger partial charge in [-0.15, -0.1) is 0 Å². The quantitative estimate of drug-likeness (QED) is 0.443. The van der Waals surface area contributed by atoms with Gasteiger partial charge in [0.25, 0.3) is 11.5 Å². The molecule has 2 heterocycles. The Morgan fingerprint density at radius 1 is 1.07 bits per heavy atom. The second-order valence-corrected chi connectivity index (χ2v) is 7.35. The van der Waals surface area contributed by atoms with E-state index >= 15 is 0 Å². The smallest absolute Gasteiger partial charge is 0.280 e. The van der Waals surface area contributed by atoms with Gasteiger partial charge in [-0.3, -0.25) is 14.6 Å². The van der Waals surface area contributed by atoms with E-state index in [1.165, 1.54) is 19.3 Å². The molecule has 2 aromatic heterocycles. The predicted octanol–water partition coefficient (Wildman–Crippen LogP) is 2.78. The molecule has 0 aliphatic heterocycles. The van der Waals surface area contributed by atoms with E-state index in [9.17, 15) is 9.59 Å². The molecular weight excluding hydrogens is 380 g/mol. The van der Waals surface area contributed by atoms with E-state index in [-0.39, 0.29) is 23.0 Å². The summed E-state index contributed by atoms with van der Waals surface area (Å²) in [5.74, 6) is -0.0152. The number of aromatic nitrogens is 4. The Balaban J connectivity index is 1.51. The number of rotatable bonds is 10. The molecule has 8 nitrogen and oxygen atoms in total. The summed E-state index contributed by atoms with van der Waals surface area (Å²) in [5, 5.41) is 2.97. The highest BCUT2D eigenvalue weighted by atomic mass is 16.1. The minimum atomic E-state index is -0.396. The maximum atomic E-state index is 12.2. The van der Waals surface area contributed by atoms with Gasteiger partial charge in [0.15, 0.2) is 11.2 Å².